The molecule has 1 aromatic carbocycles. The molecule has 0 bridgehead atoms. The van der Waals surface area contributed by atoms with Crippen LogP contribution in [-0.2, 0) is 11.2 Å². The third-order valence-electron chi connectivity index (χ3n) is 4.45. The number of nitrogens with one attached hydrogen (secondary N) is 1. The van der Waals surface area contributed by atoms with E-state index in [1.54, 1.807) is 0 Å². The summed E-state index contributed by atoms with van der Waals surface area (Å²) < 4.78 is 0. The third-order valence-corrected chi connectivity index (χ3v) is 4.45. The van der Waals surface area contributed by atoms with Crippen molar-refractivity contribution < 1.29 is 14.7 Å². The van der Waals surface area contributed by atoms with Crippen molar-refractivity contribution in [2.45, 2.75) is 50.6 Å². The Morgan fingerprint density at radius 3 is 2.62 bits per heavy atom. The SMILES string of the molecule is O=C(O)NC1Cc2ccccc2N(C2CCCCC2)C1=O. The van der Waals surface area contributed by atoms with Crippen LogP contribution in [0.2, 0.25) is 0 Å². The first-order valence-corrected chi connectivity index (χ1v) is 7.57. The molecule has 2 N–H and O–H groups in total. The van der Waals surface area contributed by atoms with Gasteiger partial charge in [0, 0.05) is 18.2 Å². The van der Waals surface area contributed by atoms with E-state index in [0.29, 0.717) is 6.42 Å². The van der Waals surface area contributed by atoms with Crippen LogP contribution < -0.4 is 10.2 Å². The molecule has 21 heavy (non-hydrogen) atoms. The number of carbonyl (C=O) groups excluding carboxylic acids is 1. The van der Waals surface area contributed by atoms with E-state index in [0.717, 1.165) is 36.9 Å². The van der Waals surface area contributed by atoms with Gasteiger partial charge in [-0.15, -0.1) is 0 Å². The standard InChI is InChI=1S/C16H20N2O3/c19-15-13(17-16(20)21)10-11-6-4-5-9-14(11)18(15)12-7-2-1-3-8-12/h4-6,9,12-13,17H,1-3,7-8,10H2,(H,20,21). The van der Waals surface area contributed by atoms with Crippen LogP contribution in [0.4, 0.5) is 10.5 Å². The molecule has 1 aliphatic carbocycles. The van der Waals surface area contributed by atoms with Crippen molar-refractivity contribution in [2.75, 3.05) is 4.90 Å². The van der Waals surface area contributed by atoms with Gasteiger partial charge in [0.2, 0.25) is 5.91 Å². The van der Waals surface area contributed by atoms with Crippen molar-refractivity contribution in [3.63, 3.8) is 0 Å². The van der Waals surface area contributed by atoms with E-state index in [1.807, 2.05) is 29.2 Å². The van der Waals surface area contributed by atoms with Crippen molar-refractivity contribution in [2.24, 2.45) is 0 Å². The number of amides is 2. The number of anilines is 1. The molecule has 1 saturated carbocycles. The molecule has 1 aliphatic heterocycles. The third kappa shape index (κ3) is 2.73. The fraction of sp³-hybridized carbons (Fsp3) is 0.500. The quantitative estimate of drug-likeness (QED) is 0.878. The molecule has 112 valence electrons. The van der Waals surface area contributed by atoms with Crippen molar-refractivity contribution >= 4 is 17.7 Å². The fourth-order valence-corrected chi connectivity index (χ4v) is 3.49. The van der Waals surface area contributed by atoms with Crippen LogP contribution >= 0.6 is 0 Å². The Morgan fingerprint density at radius 1 is 1.19 bits per heavy atom. The second kappa shape index (κ2) is 5.76. The normalized spacial score (nSPS) is 22.8. The largest absolute Gasteiger partial charge is 0.465 e. The summed E-state index contributed by atoms with van der Waals surface area (Å²) in [4.78, 5) is 25.5. The number of hydrogen-bond donors (Lipinski definition) is 2. The lowest BCUT2D eigenvalue weighted by molar-refractivity contribution is -0.121. The summed E-state index contributed by atoms with van der Waals surface area (Å²) in [6, 6.07) is 7.36. The molecule has 1 heterocycles. The average Bonchev–Trinajstić information content (AvgIpc) is 2.48. The number of carbonyl (C=O) groups is 2. The Labute approximate surface area is 123 Å². The Kier molecular flexibility index (Phi) is 3.82. The second-order valence-electron chi connectivity index (χ2n) is 5.83. The molecule has 5 nitrogen and oxygen atoms in total. The number of nitrogens with zero attached hydrogens (tertiary/aromatic N) is 1. The maximum Gasteiger partial charge on any atom is 0.405 e. The van der Waals surface area contributed by atoms with Gasteiger partial charge in [0.25, 0.3) is 0 Å². The van der Waals surface area contributed by atoms with Gasteiger partial charge >= 0.3 is 6.09 Å². The molecular formula is C16H20N2O3. The maximum absolute atomic E-state index is 12.7. The van der Waals surface area contributed by atoms with Crippen LogP contribution in [-0.4, -0.2) is 29.2 Å². The van der Waals surface area contributed by atoms with Crippen molar-refractivity contribution in [1.29, 1.82) is 0 Å². The first kappa shape index (κ1) is 13.9. The van der Waals surface area contributed by atoms with Gasteiger partial charge in [0.1, 0.15) is 6.04 Å². The molecule has 2 aliphatic rings. The predicted molar refractivity (Wildman–Crippen MR) is 79.5 cm³/mol. The van der Waals surface area contributed by atoms with Crippen LogP contribution in [0.25, 0.3) is 0 Å². The molecule has 1 atom stereocenters. The smallest absolute Gasteiger partial charge is 0.405 e. The van der Waals surface area contributed by atoms with Crippen molar-refractivity contribution in [3.05, 3.63) is 29.8 Å². The Morgan fingerprint density at radius 2 is 1.90 bits per heavy atom. The van der Waals surface area contributed by atoms with Gasteiger partial charge in [-0.25, -0.2) is 4.79 Å². The van der Waals surface area contributed by atoms with Gasteiger partial charge < -0.3 is 15.3 Å². The second-order valence-corrected chi connectivity index (χ2v) is 5.83. The van der Waals surface area contributed by atoms with Crippen molar-refractivity contribution in [3.8, 4) is 0 Å². The molecule has 1 fully saturated rings. The summed E-state index contributed by atoms with van der Waals surface area (Å²) in [5, 5.41) is 11.3. The zero-order valence-electron chi connectivity index (χ0n) is 11.9. The first-order chi connectivity index (χ1) is 10.2. The number of para-hydroxylation sites is 1. The molecule has 1 unspecified atom stereocenters. The van der Waals surface area contributed by atoms with Crippen LogP contribution in [0, 0.1) is 0 Å². The summed E-state index contributed by atoms with van der Waals surface area (Å²) in [5.74, 6) is -0.108. The fourth-order valence-electron chi connectivity index (χ4n) is 3.49. The molecule has 0 saturated heterocycles. The lowest BCUT2D eigenvalue weighted by Crippen LogP contribution is -2.56. The highest BCUT2D eigenvalue weighted by atomic mass is 16.4. The summed E-state index contributed by atoms with van der Waals surface area (Å²) in [5.41, 5.74) is 2.00. The minimum absolute atomic E-state index is 0.108. The van der Waals surface area contributed by atoms with Crippen LogP contribution in [0.3, 0.4) is 0 Å². The number of rotatable bonds is 2. The highest BCUT2D eigenvalue weighted by molar-refractivity contribution is 6.02. The maximum atomic E-state index is 12.7. The van der Waals surface area contributed by atoms with E-state index >= 15 is 0 Å². The average molecular weight is 288 g/mol. The zero-order chi connectivity index (χ0) is 14.8. The molecule has 0 spiro atoms. The van der Waals surface area contributed by atoms with Gasteiger partial charge in [-0.05, 0) is 24.5 Å². The van der Waals surface area contributed by atoms with E-state index < -0.39 is 12.1 Å². The number of fused-ring (bicyclic) bond motifs is 1. The van der Waals surface area contributed by atoms with Crippen LogP contribution in [0.15, 0.2) is 24.3 Å². The Hall–Kier alpha value is -2.04. The summed E-state index contributed by atoms with van der Waals surface area (Å²) in [7, 11) is 0. The number of carboxylic acid groups (broad SMARTS) is 1. The van der Waals surface area contributed by atoms with Crippen LogP contribution in [0.5, 0.6) is 0 Å². The molecular weight excluding hydrogens is 268 g/mol. The van der Waals surface area contributed by atoms with E-state index in [1.165, 1.54) is 6.42 Å². The molecule has 0 aromatic heterocycles. The molecule has 2 amide bonds. The van der Waals surface area contributed by atoms with Gasteiger partial charge in [-0.3, -0.25) is 4.79 Å². The monoisotopic (exact) mass is 288 g/mol. The number of benzene rings is 1. The van der Waals surface area contributed by atoms with Gasteiger partial charge in [0.15, 0.2) is 0 Å². The Balaban J connectivity index is 1.94. The molecule has 0 radical (unpaired) electrons. The summed E-state index contributed by atoms with van der Waals surface area (Å²) >= 11 is 0. The molecule has 5 heteroatoms. The van der Waals surface area contributed by atoms with Gasteiger partial charge in [-0.1, -0.05) is 37.5 Å². The molecule has 3 rings (SSSR count). The van der Waals surface area contributed by atoms with Gasteiger partial charge in [-0.2, -0.15) is 0 Å². The van der Waals surface area contributed by atoms with Crippen LogP contribution in [0.1, 0.15) is 37.7 Å². The minimum atomic E-state index is -1.14. The summed E-state index contributed by atoms with van der Waals surface area (Å²) in [6.07, 6.45) is 4.78. The van der Waals surface area contributed by atoms with E-state index in [-0.39, 0.29) is 11.9 Å². The number of hydrogen-bond acceptors (Lipinski definition) is 2. The lowest BCUT2D eigenvalue weighted by Gasteiger charge is -2.40. The van der Waals surface area contributed by atoms with E-state index in [9.17, 15) is 9.59 Å². The van der Waals surface area contributed by atoms with E-state index in [2.05, 4.69) is 5.32 Å². The minimum Gasteiger partial charge on any atom is -0.465 e. The highest BCUT2D eigenvalue weighted by Gasteiger charge is 2.37. The first-order valence-electron chi connectivity index (χ1n) is 7.57. The highest BCUT2D eigenvalue weighted by Crippen LogP contribution is 2.34. The van der Waals surface area contributed by atoms with Crippen molar-refractivity contribution in [1.82, 2.24) is 5.32 Å². The Bertz CT molecular complexity index is 552. The van der Waals surface area contributed by atoms with E-state index in [4.69, 9.17) is 5.11 Å². The van der Waals surface area contributed by atoms with Gasteiger partial charge in [0.05, 0.1) is 0 Å². The molecule has 1 aromatic rings. The lowest BCUT2D eigenvalue weighted by atomic mass is 9.89. The summed E-state index contributed by atoms with van der Waals surface area (Å²) in [6.45, 7) is 0. The predicted octanol–water partition coefficient (Wildman–Crippen LogP) is 2.54. The zero-order valence-corrected chi connectivity index (χ0v) is 11.9. The topological polar surface area (TPSA) is 69.6 Å².